The van der Waals surface area contributed by atoms with Crippen LogP contribution in [-0.4, -0.2) is 11.9 Å². The Morgan fingerprint density at radius 1 is 2.00 bits per heavy atom. The number of carbonyl (C=O) groups is 1. The Kier molecular flexibility index (Phi) is 0.855. The highest BCUT2D eigenvalue weighted by molar-refractivity contribution is 5.83. The van der Waals surface area contributed by atoms with E-state index < -0.39 is 0 Å². The maximum atomic E-state index is 10.1. The van der Waals surface area contributed by atoms with Gasteiger partial charge in [-0.3, -0.25) is 4.79 Å². The molecule has 0 spiro atoms. The first-order valence-corrected chi connectivity index (χ1v) is 2.25. The fourth-order valence-electron chi connectivity index (χ4n) is 0.528. The van der Waals surface area contributed by atoms with Crippen LogP contribution in [-0.2, 0) is 4.79 Å². The van der Waals surface area contributed by atoms with Crippen LogP contribution >= 0.6 is 0 Å². The van der Waals surface area contributed by atoms with Gasteiger partial charge in [0.25, 0.3) is 0 Å². The van der Waals surface area contributed by atoms with Crippen molar-refractivity contribution in [3.05, 3.63) is 12.7 Å². The lowest BCUT2D eigenvalue weighted by Crippen LogP contribution is -2.46. The van der Waals surface area contributed by atoms with Crippen LogP contribution in [0.25, 0.3) is 0 Å². The fourth-order valence-corrected chi connectivity index (χ4v) is 0.528. The highest BCUT2D eigenvalue weighted by atomic mass is 16.2. The van der Waals surface area contributed by atoms with Crippen molar-refractivity contribution in [2.75, 3.05) is 0 Å². The van der Waals surface area contributed by atoms with Gasteiger partial charge >= 0.3 is 0 Å². The summed E-state index contributed by atoms with van der Waals surface area (Å²) in [6.07, 6.45) is 2.37. The molecule has 1 N–H and O–H groups in total. The normalized spacial score (nSPS) is 28.0. The summed E-state index contributed by atoms with van der Waals surface area (Å²) in [5.74, 6) is 0.130. The van der Waals surface area contributed by atoms with Gasteiger partial charge in [-0.1, -0.05) is 6.08 Å². The number of hydrogen-bond donors (Lipinski definition) is 1. The van der Waals surface area contributed by atoms with Crippen molar-refractivity contribution in [2.24, 2.45) is 0 Å². The molecule has 0 radical (unpaired) electrons. The second-order valence-corrected chi connectivity index (χ2v) is 1.61. The molecule has 0 bridgehead atoms. The van der Waals surface area contributed by atoms with Gasteiger partial charge in [0.2, 0.25) is 5.91 Å². The maximum Gasteiger partial charge on any atom is 0.222 e. The highest BCUT2D eigenvalue weighted by Gasteiger charge is 2.20. The van der Waals surface area contributed by atoms with Gasteiger partial charge in [0.1, 0.15) is 0 Å². The topological polar surface area (TPSA) is 29.1 Å². The first kappa shape index (κ1) is 4.37. The van der Waals surface area contributed by atoms with Crippen molar-refractivity contribution in [3.63, 3.8) is 0 Å². The third-order valence-corrected chi connectivity index (χ3v) is 1.04. The standard InChI is InChI=1S/C5H7NO/c1-2-4-3-5(7)6-4/h2,4H,1,3H2,(H,6,7)/t4-/m0/s1. The minimum Gasteiger partial charge on any atom is -0.349 e. The van der Waals surface area contributed by atoms with Crippen molar-refractivity contribution >= 4 is 5.91 Å². The summed E-state index contributed by atoms with van der Waals surface area (Å²) < 4.78 is 0. The van der Waals surface area contributed by atoms with Crippen molar-refractivity contribution in [3.8, 4) is 0 Å². The van der Waals surface area contributed by atoms with Crippen molar-refractivity contribution < 1.29 is 4.79 Å². The lowest BCUT2D eigenvalue weighted by molar-refractivity contribution is -0.127. The third kappa shape index (κ3) is 0.633. The summed E-state index contributed by atoms with van der Waals surface area (Å²) >= 11 is 0. The molecule has 1 aliphatic rings. The molecular weight excluding hydrogens is 90.1 g/mol. The predicted molar refractivity (Wildman–Crippen MR) is 26.7 cm³/mol. The van der Waals surface area contributed by atoms with Gasteiger partial charge in [-0.2, -0.15) is 0 Å². The van der Waals surface area contributed by atoms with Crippen LogP contribution in [0.3, 0.4) is 0 Å². The first-order valence-electron chi connectivity index (χ1n) is 2.25. The molecule has 1 amide bonds. The molecule has 0 saturated carbocycles. The molecule has 1 heterocycles. The lowest BCUT2D eigenvalue weighted by Gasteiger charge is -2.22. The van der Waals surface area contributed by atoms with Crippen LogP contribution in [0.2, 0.25) is 0 Å². The van der Waals surface area contributed by atoms with E-state index in [1.54, 1.807) is 6.08 Å². The molecule has 1 rings (SSSR count). The van der Waals surface area contributed by atoms with Crippen LogP contribution in [0.4, 0.5) is 0 Å². The Hall–Kier alpha value is -0.790. The minimum atomic E-state index is 0.130. The van der Waals surface area contributed by atoms with E-state index in [0.717, 1.165) is 0 Å². The minimum absolute atomic E-state index is 0.130. The third-order valence-electron chi connectivity index (χ3n) is 1.04. The molecule has 0 aromatic rings. The largest absolute Gasteiger partial charge is 0.349 e. The number of rotatable bonds is 1. The number of carbonyl (C=O) groups excluding carboxylic acids is 1. The second kappa shape index (κ2) is 1.37. The molecule has 1 aliphatic heterocycles. The van der Waals surface area contributed by atoms with E-state index >= 15 is 0 Å². The summed E-state index contributed by atoms with van der Waals surface area (Å²) in [6, 6.07) is 0.257. The average molecular weight is 97.1 g/mol. The summed E-state index contributed by atoms with van der Waals surface area (Å²) in [6.45, 7) is 3.50. The van der Waals surface area contributed by atoms with Gasteiger partial charge in [-0.05, 0) is 0 Å². The Morgan fingerprint density at radius 3 is 2.71 bits per heavy atom. The van der Waals surface area contributed by atoms with Crippen LogP contribution in [0.15, 0.2) is 12.7 Å². The van der Waals surface area contributed by atoms with Gasteiger partial charge in [-0.15, -0.1) is 6.58 Å². The van der Waals surface area contributed by atoms with Gasteiger partial charge < -0.3 is 5.32 Å². The number of amides is 1. The molecule has 2 nitrogen and oxygen atoms in total. The molecule has 38 valence electrons. The quantitative estimate of drug-likeness (QED) is 0.364. The maximum absolute atomic E-state index is 10.1. The molecule has 0 unspecified atom stereocenters. The zero-order valence-electron chi connectivity index (χ0n) is 3.98. The fraction of sp³-hybridized carbons (Fsp3) is 0.400. The van der Waals surface area contributed by atoms with E-state index in [0.29, 0.717) is 6.42 Å². The molecule has 0 aromatic carbocycles. The van der Waals surface area contributed by atoms with Crippen molar-refractivity contribution in [1.82, 2.24) is 5.32 Å². The molecular formula is C5H7NO. The predicted octanol–water partition coefficient (Wildman–Crippen LogP) is 0.0609. The van der Waals surface area contributed by atoms with Crippen LogP contribution in [0.5, 0.6) is 0 Å². The lowest BCUT2D eigenvalue weighted by atomic mass is 10.1. The van der Waals surface area contributed by atoms with Crippen molar-refractivity contribution in [1.29, 1.82) is 0 Å². The number of β-lactam (4-membered cyclic amide) rings is 1. The summed E-state index contributed by atoms with van der Waals surface area (Å²) in [5, 5.41) is 2.64. The zero-order chi connectivity index (χ0) is 5.28. The Morgan fingerprint density at radius 2 is 2.57 bits per heavy atom. The van der Waals surface area contributed by atoms with E-state index in [-0.39, 0.29) is 11.9 Å². The van der Waals surface area contributed by atoms with Gasteiger partial charge in [0, 0.05) is 0 Å². The van der Waals surface area contributed by atoms with E-state index in [1.165, 1.54) is 0 Å². The van der Waals surface area contributed by atoms with Crippen LogP contribution in [0, 0.1) is 0 Å². The first-order chi connectivity index (χ1) is 3.33. The second-order valence-electron chi connectivity index (χ2n) is 1.61. The van der Waals surface area contributed by atoms with E-state index in [2.05, 4.69) is 11.9 Å². The van der Waals surface area contributed by atoms with Crippen LogP contribution in [0.1, 0.15) is 6.42 Å². The molecule has 1 atom stereocenters. The molecule has 1 saturated heterocycles. The molecule has 0 aliphatic carbocycles. The molecule has 1 fully saturated rings. The molecule has 7 heavy (non-hydrogen) atoms. The zero-order valence-corrected chi connectivity index (χ0v) is 3.98. The van der Waals surface area contributed by atoms with E-state index in [1.807, 2.05) is 0 Å². The highest BCUT2D eigenvalue weighted by Crippen LogP contribution is 2.02. The summed E-state index contributed by atoms with van der Waals surface area (Å²) in [5.41, 5.74) is 0. The molecule has 2 heteroatoms. The number of hydrogen-bond acceptors (Lipinski definition) is 1. The monoisotopic (exact) mass is 97.1 g/mol. The van der Waals surface area contributed by atoms with Gasteiger partial charge in [0.05, 0.1) is 12.5 Å². The van der Waals surface area contributed by atoms with Crippen molar-refractivity contribution in [2.45, 2.75) is 12.5 Å². The Balaban J connectivity index is 2.29. The number of nitrogens with one attached hydrogen (secondary N) is 1. The smallest absolute Gasteiger partial charge is 0.222 e. The summed E-state index contributed by atoms with van der Waals surface area (Å²) in [7, 11) is 0. The van der Waals surface area contributed by atoms with E-state index in [4.69, 9.17) is 0 Å². The van der Waals surface area contributed by atoms with E-state index in [9.17, 15) is 4.79 Å². The molecule has 0 aromatic heterocycles. The Bertz CT molecular complexity index is 101. The van der Waals surface area contributed by atoms with Crippen LogP contribution < -0.4 is 5.32 Å². The SMILES string of the molecule is C=C[C@H]1CC(=O)N1. The average Bonchev–Trinajstić information content (AvgIpc) is 1.58. The Labute approximate surface area is 42.2 Å². The van der Waals surface area contributed by atoms with Gasteiger partial charge in [0.15, 0.2) is 0 Å². The van der Waals surface area contributed by atoms with Gasteiger partial charge in [-0.25, -0.2) is 0 Å². The summed E-state index contributed by atoms with van der Waals surface area (Å²) in [4.78, 5) is 10.1.